The van der Waals surface area contributed by atoms with Crippen molar-refractivity contribution in [2.24, 2.45) is 0 Å². The minimum Gasteiger partial charge on any atom is -0.455 e. The molecule has 0 radical (unpaired) electrons. The fourth-order valence-electron chi connectivity index (χ4n) is 8.11. The van der Waals surface area contributed by atoms with Crippen molar-refractivity contribution in [3.05, 3.63) is 175 Å². The molecule has 2 unspecified atom stereocenters. The summed E-state index contributed by atoms with van der Waals surface area (Å²) in [5.74, 6) is 1.01. The number of fused-ring (bicyclic) bond motifs is 8. The van der Waals surface area contributed by atoms with Gasteiger partial charge in [-0.05, 0) is 59.0 Å². The normalized spacial score (nSPS) is 16.7. The van der Waals surface area contributed by atoms with E-state index in [0.29, 0.717) is 0 Å². The number of anilines is 1. The standard InChI is InChI=1S/C46H33NOS/c1-3-13-30(14-4-1)31-15-11-16-32(27-31)35-22-12-23-39-41-29-42(36-19-7-8-21-38(36)46(41)48-45(35)39)47(33-17-5-2-6-18-33)34-25-26-44-40(28-34)37-20-9-10-24-43(37)49-44/h1-17,19-28,33,42H,18,29H2. The summed E-state index contributed by atoms with van der Waals surface area (Å²) in [6.07, 6.45) is 10.9. The molecule has 2 aliphatic carbocycles. The monoisotopic (exact) mass is 647 g/mol. The van der Waals surface area contributed by atoms with Crippen LogP contribution in [0.1, 0.15) is 23.6 Å². The first kappa shape index (κ1) is 28.4. The van der Waals surface area contributed by atoms with E-state index in [-0.39, 0.29) is 12.1 Å². The van der Waals surface area contributed by atoms with Crippen LogP contribution in [-0.4, -0.2) is 6.04 Å². The second-order valence-corrected chi connectivity index (χ2v) is 14.2. The van der Waals surface area contributed by atoms with Gasteiger partial charge in [-0.1, -0.05) is 133 Å². The van der Waals surface area contributed by atoms with Crippen LogP contribution in [0.4, 0.5) is 5.69 Å². The third-order valence-corrected chi connectivity index (χ3v) is 11.5. The summed E-state index contributed by atoms with van der Waals surface area (Å²) in [7, 11) is 0. The Balaban J connectivity index is 1.13. The highest BCUT2D eigenvalue weighted by atomic mass is 32.1. The first-order valence-electron chi connectivity index (χ1n) is 17.1. The second kappa shape index (κ2) is 11.5. The van der Waals surface area contributed by atoms with Gasteiger partial charge in [0.15, 0.2) is 0 Å². The Hall–Kier alpha value is -5.64. The largest absolute Gasteiger partial charge is 0.455 e. The molecule has 6 aromatic carbocycles. The fourth-order valence-corrected chi connectivity index (χ4v) is 9.20. The van der Waals surface area contributed by atoms with Gasteiger partial charge >= 0.3 is 0 Å². The molecule has 0 spiro atoms. The number of allylic oxidation sites excluding steroid dienone is 2. The molecule has 0 saturated heterocycles. The minimum absolute atomic E-state index is 0.137. The van der Waals surface area contributed by atoms with Gasteiger partial charge in [-0.2, -0.15) is 0 Å². The number of nitrogens with zero attached hydrogens (tertiary/aromatic N) is 1. The molecule has 2 aromatic heterocycles. The lowest BCUT2D eigenvalue weighted by Crippen LogP contribution is -2.40. The summed E-state index contributed by atoms with van der Waals surface area (Å²) in [6.45, 7) is 0. The van der Waals surface area contributed by atoms with Crippen molar-refractivity contribution in [2.45, 2.75) is 24.9 Å². The van der Waals surface area contributed by atoms with E-state index in [1.165, 1.54) is 64.6 Å². The molecule has 0 aliphatic heterocycles. The number of rotatable bonds is 5. The lowest BCUT2D eigenvalue weighted by molar-refractivity contribution is 0.547. The van der Waals surface area contributed by atoms with Crippen molar-refractivity contribution >= 4 is 48.2 Å². The van der Waals surface area contributed by atoms with Gasteiger partial charge < -0.3 is 9.32 Å². The maximum absolute atomic E-state index is 6.98. The first-order valence-corrected chi connectivity index (χ1v) is 17.9. The van der Waals surface area contributed by atoms with E-state index in [0.717, 1.165) is 29.7 Å². The Morgan fingerprint density at radius 3 is 2.27 bits per heavy atom. The first-order chi connectivity index (χ1) is 24.3. The van der Waals surface area contributed by atoms with E-state index < -0.39 is 0 Å². The van der Waals surface area contributed by atoms with Gasteiger partial charge in [0.25, 0.3) is 0 Å². The number of hydrogen-bond acceptors (Lipinski definition) is 3. The van der Waals surface area contributed by atoms with Crippen LogP contribution in [0, 0.1) is 0 Å². The lowest BCUT2D eigenvalue weighted by atomic mass is 9.83. The zero-order valence-corrected chi connectivity index (χ0v) is 27.7. The van der Waals surface area contributed by atoms with Crippen molar-refractivity contribution in [3.8, 4) is 33.6 Å². The molecule has 3 heteroatoms. The predicted molar refractivity (Wildman–Crippen MR) is 207 cm³/mol. The number of thiophene rings is 1. The molecule has 2 nitrogen and oxygen atoms in total. The van der Waals surface area contributed by atoms with Gasteiger partial charge in [-0.3, -0.25) is 0 Å². The van der Waals surface area contributed by atoms with Gasteiger partial charge in [-0.25, -0.2) is 0 Å². The number of hydrogen-bond donors (Lipinski definition) is 0. The van der Waals surface area contributed by atoms with Crippen molar-refractivity contribution in [1.29, 1.82) is 0 Å². The van der Waals surface area contributed by atoms with E-state index in [2.05, 4.69) is 169 Å². The molecule has 10 rings (SSSR count). The van der Waals surface area contributed by atoms with Crippen LogP contribution in [0.15, 0.2) is 168 Å². The van der Waals surface area contributed by atoms with E-state index in [9.17, 15) is 0 Å². The Bertz CT molecular complexity index is 2590. The van der Waals surface area contributed by atoms with Crippen LogP contribution in [-0.2, 0) is 6.42 Å². The smallest absolute Gasteiger partial charge is 0.142 e. The highest BCUT2D eigenvalue weighted by molar-refractivity contribution is 7.25. The summed E-state index contributed by atoms with van der Waals surface area (Å²) >= 11 is 1.88. The van der Waals surface area contributed by atoms with E-state index in [1.54, 1.807) is 0 Å². The third-order valence-electron chi connectivity index (χ3n) is 10.4. The molecular weight excluding hydrogens is 615 g/mol. The van der Waals surface area contributed by atoms with Crippen molar-refractivity contribution in [1.82, 2.24) is 0 Å². The molecule has 2 atom stereocenters. The van der Waals surface area contributed by atoms with Crippen LogP contribution in [0.2, 0.25) is 0 Å². The Morgan fingerprint density at radius 1 is 0.592 bits per heavy atom. The van der Waals surface area contributed by atoms with Crippen LogP contribution >= 0.6 is 11.3 Å². The highest BCUT2D eigenvalue weighted by Gasteiger charge is 2.36. The quantitative estimate of drug-likeness (QED) is 0.185. The molecule has 0 bridgehead atoms. The summed E-state index contributed by atoms with van der Waals surface area (Å²) in [5, 5.41) is 3.87. The molecular formula is C46H33NOS. The number of furan rings is 1. The van der Waals surface area contributed by atoms with Crippen LogP contribution in [0.3, 0.4) is 0 Å². The molecule has 234 valence electrons. The van der Waals surface area contributed by atoms with Crippen molar-refractivity contribution < 1.29 is 4.42 Å². The summed E-state index contributed by atoms with van der Waals surface area (Å²) in [5.41, 5.74) is 10.7. The van der Waals surface area contributed by atoms with E-state index >= 15 is 0 Å². The lowest BCUT2D eigenvalue weighted by Gasteiger charge is -2.42. The van der Waals surface area contributed by atoms with Gasteiger partial charge in [0, 0.05) is 54.4 Å². The second-order valence-electron chi connectivity index (χ2n) is 13.1. The zero-order chi connectivity index (χ0) is 32.3. The number of benzene rings is 6. The molecule has 2 aliphatic rings. The summed E-state index contributed by atoms with van der Waals surface area (Å²) in [6, 6.07) is 51.3. The van der Waals surface area contributed by atoms with Gasteiger partial charge in [0.2, 0.25) is 0 Å². The van der Waals surface area contributed by atoms with Crippen molar-refractivity contribution in [2.75, 3.05) is 4.90 Å². The van der Waals surface area contributed by atoms with Crippen LogP contribution < -0.4 is 4.90 Å². The molecule has 0 fully saturated rings. The average Bonchev–Trinajstić information content (AvgIpc) is 3.74. The number of para-hydroxylation sites is 1. The molecule has 0 amide bonds. The van der Waals surface area contributed by atoms with Gasteiger partial charge in [0.1, 0.15) is 11.3 Å². The third kappa shape index (κ3) is 4.68. The van der Waals surface area contributed by atoms with Crippen molar-refractivity contribution in [3.63, 3.8) is 0 Å². The maximum Gasteiger partial charge on any atom is 0.142 e. The van der Waals surface area contributed by atoms with Crippen LogP contribution in [0.25, 0.3) is 64.7 Å². The molecule has 0 saturated carbocycles. The SMILES string of the molecule is C1=CCC(N(c2ccc3sc4ccccc4c3c2)C2Cc3c(oc4c(-c5cccc(-c6ccccc6)c5)cccc34)-c3ccccc32)C=C1. The van der Waals surface area contributed by atoms with Gasteiger partial charge in [-0.15, -0.1) is 11.3 Å². The highest BCUT2D eigenvalue weighted by Crippen LogP contribution is 2.49. The molecule has 49 heavy (non-hydrogen) atoms. The van der Waals surface area contributed by atoms with E-state index in [1.807, 2.05) is 11.3 Å². The Labute approximate surface area is 289 Å². The van der Waals surface area contributed by atoms with Crippen LogP contribution in [0.5, 0.6) is 0 Å². The summed E-state index contributed by atoms with van der Waals surface area (Å²) in [4.78, 5) is 2.68. The topological polar surface area (TPSA) is 16.4 Å². The molecule has 2 heterocycles. The molecule has 0 N–H and O–H groups in total. The maximum atomic E-state index is 6.98. The molecule has 8 aromatic rings. The predicted octanol–water partition coefficient (Wildman–Crippen LogP) is 12.8. The fraction of sp³-hybridized carbons (Fsp3) is 0.0870. The van der Waals surface area contributed by atoms with Gasteiger partial charge in [0.05, 0.1) is 12.1 Å². The zero-order valence-electron chi connectivity index (χ0n) is 26.9. The van der Waals surface area contributed by atoms with E-state index in [4.69, 9.17) is 4.42 Å². The Kier molecular flexibility index (Phi) is 6.66. The minimum atomic E-state index is 0.137. The average molecular weight is 648 g/mol. The summed E-state index contributed by atoms with van der Waals surface area (Å²) < 4.78 is 9.65. The Morgan fingerprint density at radius 2 is 1.35 bits per heavy atom.